The monoisotopic (exact) mass is 462 g/mol. The first-order valence-corrected chi connectivity index (χ1v) is 12.4. The van der Waals surface area contributed by atoms with Gasteiger partial charge in [-0.25, -0.2) is 0 Å². The van der Waals surface area contributed by atoms with E-state index in [1.807, 2.05) is 24.3 Å². The molecule has 1 aromatic carbocycles. The summed E-state index contributed by atoms with van der Waals surface area (Å²) in [6, 6.07) is 7.74. The summed E-state index contributed by atoms with van der Waals surface area (Å²) in [5, 5.41) is 3.98. The van der Waals surface area contributed by atoms with Crippen molar-refractivity contribution in [2.75, 3.05) is 50.5 Å². The molecule has 0 atom stereocenters. The van der Waals surface area contributed by atoms with Gasteiger partial charge in [-0.05, 0) is 54.7 Å². The number of hydrogen-bond acceptors (Lipinski definition) is 5. The van der Waals surface area contributed by atoms with Crippen LogP contribution in [0.1, 0.15) is 32.1 Å². The highest BCUT2D eigenvalue weighted by atomic mass is 32.2. The number of benzene rings is 1. The van der Waals surface area contributed by atoms with Gasteiger partial charge in [0.25, 0.3) is 0 Å². The number of ether oxygens (including phenoxy) is 2. The molecular formula is C23H34N4O2S2. The first-order chi connectivity index (χ1) is 15.1. The molecule has 6 nitrogen and oxygen atoms in total. The zero-order valence-electron chi connectivity index (χ0n) is 18.2. The fourth-order valence-corrected chi connectivity index (χ4v) is 5.19. The molecule has 8 heteroatoms. The lowest BCUT2D eigenvalue weighted by molar-refractivity contribution is 0.0322. The minimum Gasteiger partial charge on any atom is -0.492 e. The SMILES string of the molecule is C=CC1(CS/C(N)=N/C(=S)Nc2ccc(OCCN3CCOCC3)cc2)CCCCC1. The van der Waals surface area contributed by atoms with Crippen molar-refractivity contribution in [1.29, 1.82) is 0 Å². The summed E-state index contributed by atoms with van der Waals surface area (Å²) in [4.78, 5) is 6.69. The lowest BCUT2D eigenvalue weighted by Crippen LogP contribution is -2.38. The Hall–Kier alpha value is -1.61. The third-order valence-corrected chi connectivity index (χ3v) is 7.19. The minimum absolute atomic E-state index is 0.176. The topological polar surface area (TPSA) is 72.1 Å². The second-order valence-electron chi connectivity index (χ2n) is 8.12. The van der Waals surface area contributed by atoms with Gasteiger partial charge in [0.15, 0.2) is 10.3 Å². The second-order valence-corrected chi connectivity index (χ2v) is 9.51. The number of thioether (sulfide) groups is 1. The Kier molecular flexibility index (Phi) is 9.64. The van der Waals surface area contributed by atoms with Crippen LogP contribution in [0.4, 0.5) is 5.69 Å². The molecular weight excluding hydrogens is 428 g/mol. The highest BCUT2D eigenvalue weighted by Crippen LogP contribution is 2.39. The van der Waals surface area contributed by atoms with Crippen molar-refractivity contribution in [2.45, 2.75) is 32.1 Å². The molecule has 1 aliphatic carbocycles. The quantitative estimate of drug-likeness (QED) is 0.259. The molecule has 2 aliphatic rings. The van der Waals surface area contributed by atoms with E-state index in [0.717, 1.165) is 50.0 Å². The van der Waals surface area contributed by atoms with Gasteiger partial charge in [0, 0.05) is 31.1 Å². The summed E-state index contributed by atoms with van der Waals surface area (Å²) in [7, 11) is 0. The highest BCUT2D eigenvalue weighted by Gasteiger charge is 2.29. The average molecular weight is 463 g/mol. The molecule has 1 saturated heterocycles. The minimum atomic E-state index is 0.176. The summed E-state index contributed by atoms with van der Waals surface area (Å²) in [5.74, 6) is 1.75. The number of anilines is 1. The molecule has 3 rings (SSSR count). The normalized spacial score (nSPS) is 19.5. The van der Waals surface area contributed by atoms with Gasteiger partial charge in [0.05, 0.1) is 13.2 Å². The fourth-order valence-electron chi connectivity index (χ4n) is 3.92. The number of morpholine rings is 1. The molecule has 170 valence electrons. The summed E-state index contributed by atoms with van der Waals surface area (Å²) in [5.41, 5.74) is 7.16. The Morgan fingerprint density at radius 1 is 1.26 bits per heavy atom. The van der Waals surface area contributed by atoms with Crippen LogP contribution in [0.3, 0.4) is 0 Å². The zero-order chi connectivity index (χ0) is 21.9. The van der Waals surface area contributed by atoms with Crippen molar-refractivity contribution in [3.63, 3.8) is 0 Å². The highest BCUT2D eigenvalue weighted by molar-refractivity contribution is 8.13. The van der Waals surface area contributed by atoms with Crippen LogP contribution in [0.15, 0.2) is 41.9 Å². The lowest BCUT2D eigenvalue weighted by Gasteiger charge is -2.33. The van der Waals surface area contributed by atoms with Crippen LogP contribution >= 0.6 is 24.0 Å². The van der Waals surface area contributed by atoms with E-state index >= 15 is 0 Å². The third kappa shape index (κ3) is 8.11. The molecule has 31 heavy (non-hydrogen) atoms. The number of aliphatic imine (C=N–C) groups is 1. The maximum absolute atomic E-state index is 6.12. The Bertz CT molecular complexity index is 742. The van der Waals surface area contributed by atoms with Crippen molar-refractivity contribution in [2.24, 2.45) is 16.1 Å². The summed E-state index contributed by atoms with van der Waals surface area (Å²) in [6.45, 7) is 9.18. The molecule has 3 N–H and O–H groups in total. The van der Waals surface area contributed by atoms with Gasteiger partial charge in [-0.1, -0.05) is 37.1 Å². The third-order valence-electron chi connectivity index (χ3n) is 5.89. The van der Waals surface area contributed by atoms with Crippen LogP contribution in [0.25, 0.3) is 0 Å². The Balaban J connectivity index is 1.40. The largest absolute Gasteiger partial charge is 0.492 e. The Morgan fingerprint density at radius 2 is 1.97 bits per heavy atom. The molecule has 0 amide bonds. The Morgan fingerprint density at radius 3 is 2.65 bits per heavy atom. The van der Waals surface area contributed by atoms with Gasteiger partial charge in [0.1, 0.15) is 12.4 Å². The molecule has 0 aromatic heterocycles. The van der Waals surface area contributed by atoms with Crippen molar-refractivity contribution in [3.05, 3.63) is 36.9 Å². The number of nitrogens with one attached hydrogen (secondary N) is 1. The summed E-state index contributed by atoms with van der Waals surface area (Å²) < 4.78 is 11.2. The van der Waals surface area contributed by atoms with E-state index < -0.39 is 0 Å². The van der Waals surface area contributed by atoms with Crippen LogP contribution in [-0.2, 0) is 4.74 Å². The van der Waals surface area contributed by atoms with Crippen LogP contribution in [0, 0.1) is 5.41 Å². The number of nitrogens with two attached hydrogens (primary N) is 1. The summed E-state index contributed by atoms with van der Waals surface area (Å²) >= 11 is 6.92. The van der Waals surface area contributed by atoms with Crippen molar-refractivity contribution < 1.29 is 9.47 Å². The van der Waals surface area contributed by atoms with Crippen LogP contribution in [0.2, 0.25) is 0 Å². The molecule has 1 saturated carbocycles. The number of nitrogens with zero attached hydrogens (tertiary/aromatic N) is 2. The van der Waals surface area contributed by atoms with Gasteiger partial charge in [-0.15, -0.1) is 6.58 Å². The molecule has 1 aromatic rings. The predicted molar refractivity (Wildman–Crippen MR) is 135 cm³/mol. The first kappa shape index (κ1) is 24.0. The molecule has 2 fully saturated rings. The standard InChI is InChI=1S/C23H34N4O2S2/c1-2-23(10-4-3-5-11-23)18-31-21(24)26-22(30)25-19-6-8-20(9-7-19)29-17-14-27-12-15-28-16-13-27/h2,6-9H,1,3-5,10-18H2,(H3,24,25,26,30). The van der Waals surface area contributed by atoms with E-state index in [1.165, 1.54) is 32.1 Å². The maximum atomic E-state index is 6.12. The smallest absolute Gasteiger partial charge is 0.199 e. The molecule has 0 radical (unpaired) electrons. The predicted octanol–water partition coefficient (Wildman–Crippen LogP) is 4.28. The van der Waals surface area contributed by atoms with E-state index in [1.54, 1.807) is 11.8 Å². The Labute approximate surface area is 195 Å². The number of allylic oxidation sites excluding steroid dienone is 1. The molecule has 0 spiro atoms. The van der Waals surface area contributed by atoms with E-state index in [0.29, 0.717) is 16.9 Å². The first-order valence-electron chi connectivity index (χ1n) is 11.0. The van der Waals surface area contributed by atoms with E-state index in [4.69, 9.17) is 27.4 Å². The van der Waals surface area contributed by atoms with Crippen LogP contribution in [0.5, 0.6) is 5.75 Å². The number of thiocarbonyl (C=S) groups is 1. The van der Waals surface area contributed by atoms with Gasteiger partial charge >= 0.3 is 0 Å². The van der Waals surface area contributed by atoms with E-state index in [9.17, 15) is 0 Å². The van der Waals surface area contributed by atoms with Gasteiger partial charge in [-0.3, -0.25) is 4.90 Å². The molecule has 1 heterocycles. The summed E-state index contributed by atoms with van der Waals surface area (Å²) in [6.07, 6.45) is 8.30. The van der Waals surface area contributed by atoms with Crippen molar-refractivity contribution in [3.8, 4) is 5.75 Å². The van der Waals surface area contributed by atoms with E-state index in [2.05, 4.69) is 27.9 Å². The van der Waals surface area contributed by atoms with E-state index in [-0.39, 0.29) is 5.41 Å². The molecule has 1 aliphatic heterocycles. The fraction of sp³-hybridized carbons (Fsp3) is 0.565. The van der Waals surface area contributed by atoms with Gasteiger partial charge < -0.3 is 20.5 Å². The zero-order valence-corrected chi connectivity index (χ0v) is 19.8. The number of rotatable bonds is 8. The van der Waals surface area contributed by atoms with Crippen molar-refractivity contribution >= 4 is 39.9 Å². The second kappa shape index (κ2) is 12.4. The molecule has 0 unspecified atom stereocenters. The number of hydrogen-bond donors (Lipinski definition) is 2. The molecule has 0 bridgehead atoms. The van der Waals surface area contributed by atoms with Gasteiger partial charge in [-0.2, -0.15) is 4.99 Å². The average Bonchev–Trinajstić information content (AvgIpc) is 2.80. The maximum Gasteiger partial charge on any atom is 0.199 e. The van der Waals surface area contributed by atoms with Gasteiger partial charge in [0.2, 0.25) is 0 Å². The lowest BCUT2D eigenvalue weighted by atomic mass is 9.76. The number of amidine groups is 1. The van der Waals surface area contributed by atoms with Crippen LogP contribution in [-0.4, -0.2) is 60.4 Å². The van der Waals surface area contributed by atoms with Crippen LogP contribution < -0.4 is 15.8 Å². The van der Waals surface area contributed by atoms with Crippen molar-refractivity contribution in [1.82, 2.24) is 4.90 Å².